The van der Waals surface area contributed by atoms with Gasteiger partial charge >= 0.3 is 5.97 Å². The van der Waals surface area contributed by atoms with Gasteiger partial charge in [-0.1, -0.05) is 60.7 Å². The van der Waals surface area contributed by atoms with Gasteiger partial charge in [-0.2, -0.15) is 0 Å². The van der Waals surface area contributed by atoms with Gasteiger partial charge in [0.2, 0.25) is 5.91 Å². The molecule has 0 aliphatic heterocycles. The normalized spacial score (nSPS) is 11.6. The summed E-state index contributed by atoms with van der Waals surface area (Å²) in [4.78, 5) is 61.2. The van der Waals surface area contributed by atoms with Gasteiger partial charge in [-0.15, -0.1) is 23.1 Å². The summed E-state index contributed by atoms with van der Waals surface area (Å²) in [5.41, 5.74) is 2.80. The highest BCUT2D eigenvalue weighted by Crippen LogP contribution is 2.37. The van der Waals surface area contributed by atoms with Gasteiger partial charge in [0.1, 0.15) is 10.9 Å². The van der Waals surface area contributed by atoms with Crippen molar-refractivity contribution in [1.82, 2.24) is 15.3 Å². The van der Waals surface area contributed by atoms with Crippen LogP contribution in [0.5, 0.6) is 0 Å². The van der Waals surface area contributed by atoms with E-state index in [0.29, 0.717) is 32.5 Å². The molecular formula is C36H31N5O5S2. The van der Waals surface area contributed by atoms with Crippen LogP contribution >= 0.6 is 23.1 Å². The lowest BCUT2D eigenvalue weighted by Gasteiger charge is -2.17. The number of pyridine rings is 1. The zero-order valence-electron chi connectivity index (χ0n) is 25.8. The number of nitrogens with zero attached hydrogens (tertiary/aromatic N) is 2. The Morgan fingerprint density at radius 1 is 0.917 bits per heavy atom. The summed E-state index contributed by atoms with van der Waals surface area (Å²) >= 11 is 2.53. The van der Waals surface area contributed by atoms with E-state index in [0.717, 1.165) is 5.56 Å². The van der Waals surface area contributed by atoms with E-state index in [-0.39, 0.29) is 30.6 Å². The van der Waals surface area contributed by atoms with Crippen molar-refractivity contribution in [2.24, 2.45) is 0 Å². The number of hydrogen-bond donors (Lipinski definition) is 3. The minimum Gasteiger partial charge on any atom is -0.466 e. The number of anilines is 2. The molecule has 1 unspecified atom stereocenters. The Morgan fingerprint density at radius 3 is 2.42 bits per heavy atom. The van der Waals surface area contributed by atoms with E-state index in [9.17, 15) is 19.2 Å². The molecule has 2 heterocycles. The summed E-state index contributed by atoms with van der Waals surface area (Å²) in [7, 11) is 0. The fraction of sp³-hybridized carbons (Fsp3) is 0.111. The smallest absolute Gasteiger partial charge is 0.311 e. The molecule has 5 rings (SSSR count). The van der Waals surface area contributed by atoms with Crippen LogP contribution in [0.3, 0.4) is 0 Å². The van der Waals surface area contributed by atoms with Gasteiger partial charge < -0.3 is 20.7 Å². The lowest BCUT2D eigenvalue weighted by molar-refractivity contribution is -0.142. The largest absolute Gasteiger partial charge is 0.466 e. The molecule has 0 saturated heterocycles. The molecule has 1 atom stereocenters. The first kappa shape index (κ1) is 33.8. The van der Waals surface area contributed by atoms with Crippen LogP contribution < -0.4 is 16.0 Å². The van der Waals surface area contributed by atoms with Crippen LogP contribution in [0.1, 0.15) is 39.4 Å². The SMILES string of the molecule is CCOC(=O)Cc1csc(NC(=O)C(Sc2cccc(NC(=O)/C(=C/c3cccnc3)NC(=O)c3ccccc3)c2)c2ccccc2)n1. The molecule has 0 aliphatic rings. The Morgan fingerprint density at radius 2 is 1.69 bits per heavy atom. The Balaban J connectivity index is 1.33. The highest BCUT2D eigenvalue weighted by atomic mass is 32.2. The van der Waals surface area contributed by atoms with Crippen molar-refractivity contribution in [1.29, 1.82) is 0 Å². The highest BCUT2D eigenvalue weighted by Gasteiger charge is 2.24. The fourth-order valence-corrected chi connectivity index (χ4v) is 6.23. The van der Waals surface area contributed by atoms with Crippen molar-refractivity contribution >= 4 is 63.7 Å². The number of amides is 3. The number of ether oxygens (including phenoxy) is 1. The molecule has 0 saturated carbocycles. The van der Waals surface area contributed by atoms with Gasteiger partial charge in [-0.05, 0) is 60.5 Å². The maximum atomic E-state index is 13.6. The summed E-state index contributed by atoms with van der Waals surface area (Å²) in [6.07, 6.45) is 4.77. The molecule has 12 heteroatoms. The van der Waals surface area contributed by atoms with Gasteiger partial charge in [-0.25, -0.2) is 4.98 Å². The summed E-state index contributed by atoms with van der Waals surface area (Å²) < 4.78 is 4.99. The van der Waals surface area contributed by atoms with Gasteiger partial charge in [0.15, 0.2) is 5.13 Å². The molecule has 0 fully saturated rings. The van der Waals surface area contributed by atoms with Crippen LogP contribution in [0, 0.1) is 0 Å². The number of carbonyl (C=O) groups excluding carboxylic acids is 4. The fourth-order valence-electron chi connectivity index (χ4n) is 4.43. The number of nitrogens with one attached hydrogen (secondary N) is 3. The molecule has 3 aromatic carbocycles. The number of hydrogen-bond acceptors (Lipinski definition) is 9. The van der Waals surface area contributed by atoms with Crippen LogP contribution in [0.15, 0.2) is 125 Å². The van der Waals surface area contributed by atoms with E-state index in [1.54, 1.807) is 91.4 Å². The predicted octanol–water partition coefficient (Wildman–Crippen LogP) is 6.53. The monoisotopic (exact) mass is 677 g/mol. The first-order valence-corrected chi connectivity index (χ1v) is 16.7. The Kier molecular flexibility index (Phi) is 11.8. The highest BCUT2D eigenvalue weighted by molar-refractivity contribution is 8.00. The van der Waals surface area contributed by atoms with Crippen LogP contribution in [0.2, 0.25) is 0 Å². The van der Waals surface area contributed by atoms with Crippen LogP contribution in [-0.4, -0.2) is 40.3 Å². The average Bonchev–Trinajstić information content (AvgIpc) is 3.54. The number of carbonyl (C=O) groups is 4. The number of thioether (sulfide) groups is 1. The molecule has 0 spiro atoms. The van der Waals surface area contributed by atoms with E-state index in [1.165, 1.54) is 23.1 Å². The lowest BCUT2D eigenvalue weighted by atomic mass is 10.1. The molecule has 3 amide bonds. The third-order valence-corrected chi connectivity index (χ3v) is 8.68. The first-order valence-electron chi connectivity index (χ1n) is 14.9. The van der Waals surface area contributed by atoms with Crippen molar-refractivity contribution in [3.8, 4) is 0 Å². The molecule has 5 aromatic rings. The minimum absolute atomic E-state index is 0.0185. The summed E-state index contributed by atoms with van der Waals surface area (Å²) in [6, 6.07) is 28.5. The van der Waals surface area contributed by atoms with Crippen molar-refractivity contribution in [3.05, 3.63) is 143 Å². The van der Waals surface area contributed by atoms with Gasteiger partial charge in [0.25, 0.3) is 11.8 Å². The zero-order valence-corrected chi connectivity index (χ0v) is 27.4. The maximum absolute atomic E-state index is 13.6. The first-order chi connectivity index (χ1) is 23.4. The minimum atomic E-state index is -0.666. The third-order valence-electron chi connectivity index (χ3n) is 6.62. The second-order valence-corrected chi connectivity index (χ2v) is 12.2. The molecule has 48 heavy (non-hydrogen) atoms. The van der Waals surface area contributed by atoms with Crippen LogP contribution in [-0.2, 0) is 25.5 Å². The van der Waals surface area contributed by atoms with E-state index in [4.69, 9.17) is 4.74 Å². The van der Waals surface area contributed by atoms with Crippen LogP contribution in [0.25, 0.3) is 6.08 Å². The predicted molar refractivity (Wildman–Crippen MR) is 187 cm³/mol. The van der Waals surface area contributed by atoms with Crippen molar-refractivity contribution in [3.63, 3.8) is 0 Å². The number of thiazole rings is 1. The Labute approximate surface area is 285 Å². The molecule has 242 valence electrons. The second-order valence-electron chi connectivity index (χ2n) is 10.2. The Bertz CT molecular complexity index is 1900. The second kappa shape index (κ2) is 16.8. The summed E-state index contributed by atoms with van der Waals surface area (Å²) in [5.74, 6) is -1.66. The van der Waals surface area contributed by atoms with Gasteiger partial charge in [-0.3, -0.25) is 24.2 Å². The quantitative estimate of drug-likeness (QED) is 0.0727. The molecule has 0 bridgehead atoms. The number of aromatic nitrogens is 2. The maximum Gasteiger partial charge on any atom is 0.311 e. The van der Waals surface area contributed by atoms with Crippen molar-refractivity contribution in [2.45, 2.75) is 23.5 Å². The number of rotatable bonds is 13. The summed E-state index contributed by atoms with van der Waals surface area (Å²) in [5, 5.41) is 9.88. The molecule has 3 N–H and O–H groups in total. The van der Waals surface area contributed by atoms with Gasteiger partial charge in [0.05, 0.1) is 18.7 Å². The zero-order chi connectivity index (χ0) is 33.7. The van der Waals surface area contributed by atoms with E-state index in [1.807, 2.05) is 36.4 Å². The Hall–Kier alpha value is -5.59. The third kappa shape index (κ3) is 9.71. The standard InChI is InChI=1S/C36H31N5O5S2/c1-2-46-31(42)21-28-23-47-36(39-28)41-35(45)32(25-12-5-3-6-13-25)48-29-17-9-16-27(20-29)38-34(44)30(19-24-11-10-18-37-22-24)40-33(43)26-14-7-4-8-15-26/h3-20,22-23,32H,2,21H2,1H3,(H,38,44)(H,40,43)(H,39,41,45)/b30-19-. The molecule has 0 radical (unpaired) electrons. The lowest BCUT2D eigenvalue weighted by Crippen LogP contribution is -2.30. The number of esters is 1. The topological polar surface area (TPSA) is 139 Å². The molecule has 2 aromatic heterocycles. The number of benzene rings is 3. The average molecular weight is 678 g/mol. The molecular weight excluding hydrogens is 647 g/mol. The van der Waals surface area contributed by atoms with Crippen molar-refractivity contribution in [2.75, 3.05) is 17.2 Å². The summed E-state index contributed by atoms with van der Waals surface area (Å²) in [6.45, 7) is 2.02. The molecule has 0 aliphatic carbocycles. The van der Waals surface area contributed by atoms with Crippen LogP contribution in [0.4, 0.5) is 10.8 Å². The van der Waals surface area contributed by atoms with E-state index >= 15 is 0 Å². The van der Waals surface area contributed by atoms with E-state index in [2.05, 4.69) is 25.9 Å². The van der Waals surface area contributed by atoms with E-state index < -0.39 is 17.1 Å². The molecule has 10 nitrogen and oxygen atoms in total. The van der Waals surface area contributed by atoms with Crippen molar-refractivity contribution < 1.29 is 23.9 Å². The van der Waals surface area contributed by atoms with Gasteiger partial charge in [0, 0.05) is 33.9 Å².